The first-order valence-corrected chi connectivity index (χ1v) is 20.3. The van der Waals surface area contributed by atoms with Crippen LogP contribution < -0.4 is 4.57 Å². The van der Waals surface area contributed by atoms with Gasteiger partial charge in [-0.25, -0.2) is 4.57 Å². The molecule has 0 spiro atoms. The van der Waals surface area contributed by atoms with Gasteiger partial charge in [0.1, 0.15) is 6.54 Å². The van der Waals surface area contributed by atoms with Crippen molar-refractivity contribution >= 4 is 0 Å². The molecule has 0 atom stereocenters. The highest BCUT2D eigenvalue weighted by atomic mass is 14.9. The molecular formula is C42H80N+. The molecule has 252 valence electrons. The summed E-state index contributed by atoms with van der Waals surface area (Å²) in [6, 6.07) is 2.49. The van der Waals surface area contributed by atoms with E-state index in [1.807, 2.05) is 0 Å². The third-order valence-corrected chi connectivity index (χ3v) is 9.82. The van der Waals surface area contributed by atoms with Crippen LogP contribution in [-0.4, -0.2) is 0 Å². The summed E-state index contributed by atoms with van der Waals surface area (Å²) in [6.07, 6.45) is 51.9. The average Bonchev–Trinajstić information content (AvgIpc) is 3.02. The van der Waals surface area contributed by atoms with Crippen LogP contribution in [0.1, 0.15) is 231 Å². The molecule has 0 N–H and O–H groups in total. The molecular weight excluding hydrogens is 518 g/mol. The zero-order valence-corrected chi connectivity index (χ0v) is 30.2. The topological polar surface area (TPSA) is 3.88 Å². The molecule has 1 rings (SSSR count). The van der Waals surface area contributed by atoms with Crippen molar-refractivity contribution in [3.8, 4) is 0 Å². The smallest absolute Gasteiger partial charge is 0.172 e. The minimum absolute atomic E-state index is 1.20. The highest BCUT2D eigenvalue weighted by molar-refractivity contribution is 5.21. The van der Waals surface area contributed by atoms with Gasteiger partial charge in [-0.15, -0.1) is 0 Å². The molecule has 0 aliphatic carbocycles. The monoisotopic (exact) mass is 599 g/mol. The van der Waals surface area contributed by atoms with Gasteiger partial charge in [-0.3, -0.25) is 0 Å². The molecule has 1 heterocycles. The van der Waals surface area contributed by atoms with Gasteiger partial charge < -0.3 is 0 Å². The van der Waals surface area contributed by atoms with Gasteiger partial charge in [-0.1, -0.05) is 194 Å². The van der Waals surface area contributed by atoms with Crippen LogP contribution in [0.3, 0.4) is 0 Å². The van der Waals surface area contributed by atoms with Gasteiger partial charge in [0.15, 0.2) is 12.4 Å². The summed E-state index contributed by atoms with van der Waals surface area (Å²) in [7, 11) is 0. The lowest BCUT2D eigenvalue weighted by Crippen LogP contribution is -2.33. The van der Waals surface area contributed by atoms with Crippen LogP contribution in [0.2, 0.25) is 0 Å². The lowest BCUT2D eigenvalue weighted by Gasteiger charge is -2.10. The van der Waals surface area contributed by atoms with E-state index in [1.54, 1.807) is 11.1 Å². The van der Waals surface area contributed by atoms with Gasteiger partial charge >= 0.3 is 0 Å². The number of aromatic nitrogens is 1. The molecule has 0 unspecified atom stereocenters. The molecule has 0 aliphatic rings. The molecule has 0 aromatic carbocycles. The van der Waals surface area contributed by atoms with Gasteiger partial charge in [0, 0.05) is 18.1 Å². The minimum Gasteiger partial charge on any atom is -0.205 e. The number of aryl methyl sites for hydroxylation is 3. The molecule has 0 aliphatic heterocycles. The van der Waals surface area contributed by atoms with Crippen molar-refractivity contribution in [3.63, 3.8) is 0 Å². The fourth-order valence-corrected chi connectivity index (χ4v) is 6.79. The number of pyridine rings is 1. The molecule has 1 heteroatoms. The summed E-state index contributed by atoms with van der Waals surface area (Å²) in [5.74, 6) is 0. The number of hydrogen-bond acceptors (Lipinski definition) is 0. The van der Waals surface area contributed by atoms with E-state index in [9.17, 15) is 0 Å². The second-order valence-electron chi connectivity index (χ2n) is 14.1. The highest BCUT2D eigenvalue weighted by Crippen LogP contribution is 2.18. The van der Waals surface area contributed by atoms with Crippen molar-refractivity contribution in [2.24, 2.45) is 0 Å². The van der Waals surface area contributed by atoms with Crippen molar-refractivity contribution in [2.75, 3.05) is 0 Å². The second kappa shape index (κ2) is 32.5. The van der Waals surface area contributed by atoms with E-state index < -0.39 is 0 Å². The summed E-state index contributed by atoms with van der Waals surface area (Å²) >= 11 is 0. The lowest BCUT2D eigenvalue weighted by molar-refractivity contribution is -0.697. The Labute approximate surface area is 272 Å². The first-order valence-electron chi connectivity index (χ1n) is 20.3. The van der Waals surface area contributed by atoms with Crippen molar-refractivity contribution in [3.05, 3.63) is 29.6 Å². The maximum Gasteiger partial charge on any atom is 0.172 e. The summed E-state index contributed by atoms with van der Waals surface area (Å²) in [6.45, 7) is 8.14. The molecule has 0 radical (unpaired) electrons. The van der Waals surface area contributed by atoms with E-state index in [0.717, 1.165) is 0 Å². The van der Waals surface area contributed by atoms with Crippen LogP contribution in [0.5, 0.6) is 0 Å². The first-order chi connectivity index (χ1) is 21.3. The summed E-state index contributed by atoms with van der Waals surface area (Å²) in [4.78, 5) is 0. The van der Waals surface area contributed by atoms with E-state index >= 15 is 0 Å². The van der Waals surface area contributed by atoms with Crippen LogP contribution in [0.15, 0.2) is 18.5 Å². The Bertz CT molecular complexity index is 679. The first kappa shape index (κ1) is 40.2. The Morgan fingerprint density at radius 2 is 0.651 bits per heavy atom. The fourth-order valence-electron chi connectivity index (χ4n) is 6.79. The fraction of sp³-hybridized carbons (Fsp3) is 0.881. The molecule has 0 saturated heterocycles. The lowest BCUT2D eigenvalue weighted by atomic mass is 9.97. The van der Waals surface area contributed by atoms with Gasteiger partial charge in [0.05, 0.1) is 0 Å². The van der Waals surface area contributed by atoms with Gasteiger partial charge in [0.25, 0.3) is 0 Å². The minimum atomic E-state index is 1.20. The van der Waals surface area contributed by atoms with Crippen LogP contribution >= 0.6 is 0 Å². The van der Waals surface area contributed by atoms with Crippen molar-refractivity contribution in [1.29, 1.82) is 0 Å². The molecule has 0 amide bonds. The normalized spacial score (nSPS) is 11.5. The maximum absolute atomic E-state index is 2.54. The number of nitrogens with zero attached hydrogens (tertiary/aromatic N) is 1. The third-order valence-electron chi connectivity index (χ3n) is 9.82. The van der Waals surface area contributed by atoms with Crippen LogP contribution in [0.25, 0.3) is 0 Å². The quantitative estimate of drug-likeness (QED) is 0.0549. The number of hydrogen-bond donors (Lipinski definition) is 0. The molecule has 1 aromatic heterocycles. The largest absolute Gasteiger partial charge is 0.205 e. The molecule has 43 heavy (non-hydrogen) atoms. The molecule has 0 bridgehead atoms. The Morgan fingerprint density at radius 1 is 0.349 bits per heavy atom. The van der Waals surface area contributed by atoms with E-state index in [1.165, 1.54) is 218 Å². The van der Waals surface area contributed by atoms with E-state index in [-0.39, 0.29) is 0 Å². The van der Waals surface area contributed by atoms with Gasteiger partial charge in [0.2, 0.25) is 0 Å². The number of rotatable bonds is 34. The summed E-state index contributed by atoms with van der Waals surface area (Å²) in [5.41, 5.74) is 3.32. The average molecular weight is 599 g/mol. The van der Waals surface area contributed by atoms with Crippen molar-refractivity contribution < 1.29 is 4.57 Å². The van der Waals surface area contributed by atoms with E-state index in [4.69, 9.17) is 0 Å². The maximum atomic E-state index is 2.54. The van der Waals surface area contributed by atoms with E-state index in [2.05, 4.69) is 43.8 Å². The Balaban J connectivity index is 2.26. The number of unbranched alkanes of at least 4 members (excludes halogenated alkanes) is 28. The molecule has 0 fully saturated rings. The van der Waals surface area contributed by atoms with Crippen molar-refractivity contribution in [1.82, 2.24) is 0 Å². The predicted octanol–water partition coefficient (Wildman–Crippen LogP) is 14.2. The van der Waals surface area contributed by atoms with E-state index in [0.29, 0.717) is 0 Å². The Morgan fingerprint density at radius 3 is 1.02 bits per heavy atom. The zero-order valence-electron chi connectivity index (χ0n) is 30.2. The predicted molar refractivity (Wildman–Crippen MR) is 194 cm³/mol. The molecule has 0 saturated carbocycles. The Kier molecular flexibility index (Phi) is 30.4. The second-order valence-corrected chi connectivity index (χ2v) is 14.1. The Hall–Kier alpha value is -0.850. The molecule has 1 aromatic rings. The van der Waals surface area contributed by atoms with Crippen molar-refractivity contribution in [2.45, 2.75) is 239 Å². The third kappa shape index (κ3) is 26.1. The van der Waals surface area contributed by atoms with Crippen LogP contribution in [-0.2, 0) is 19.4 Å². The zero-order chi connectivity index (χ0) is 30.9. The summed E-state index contributed by atoms with van der Waals surface area (Å²) < 4.78 is 2.51. The van der Waals surface area contributed by atoms with Crippen LogP contribution in [0.4, 0.5) is 0 Å². The molecule has 1 nitrogen and oxygen atoms in total. The van der Waals surface area contributed by atoms with Gasteiger partial charge in [-0.05, 0) is 37.7 Å². The SMILES string of the molecule is CCCCCCCCCCCCCCCc1cc[n+](CCCCCCC)cc1CCCCCCCCCCCCCCC. The summed E-state index contributed by atoms with van der Waals surface area (Å²) in [5, 5.41) is 0. The van der Waals surface area contributed by atoms with Gasteiger partial charge in [-0.2, -0.15) is 0 Å². The standard InChI is InChI=1S/C42H80N/c1-4-7-10-13-15-17-19-21-23-25-27-29-32-35-41-37-39-43(38-34-31-12-9-6-3)40-42(41)36-33-30-28-26-24-22-20-18-16-14-11-8-5-2/h37,39-40H,4-36,38H2,1-3H3/q+1. The highest BCUT2D eigenvalue weighted by Gasteiger charge is 2.10. The van der Waals surface area contributed by atoms with Crippen LogP contribution in [0, 0.1) is 0 Å².